The maximum Gasteiger partial charge on any atom is 0.255 e. The van der Waals surface area contributed by atoms with Crippen LogP contribution in [0.2, 0.25) is 0 Å². The molecule has 160 valence electrons. The molecule has 3 aromatic carbocycles. The SMILES string of the molecule is CNC[C@H](O)[C@H](c1ccccc1)n1ccc2cc(NC(=O)c3ccccc3)ccc21.Cl. The second-order valence-electron chi connectivity index (χ2n) is 7.30. The molecule has 1 amide bonds. The molecule has 0 saturated heterocycles. The van der Waals surface area contributed by atoms with Crippen molar-refractivity contribution < 1.29 is 9.90 Å². The quantitative estimate of drug-likeness (QED) is 0.401. The fourth-order valence-corrected chi connectivity index (χ4v) is 3.82. The minimum Gasteiger partial charge on any atom is -0.389 e. The second-order valence-corrected chi connectivity index (χ2v) is 7.30. The molecule has 0 radical (unpaired) electrons. The Morgan fingerprint density at radius 2 is 1.65 bits per heavy atom. The average molecular weight is 436 g/mol. The number of rotatable bonds is 7. The molecule has 0 aliphatic rings. The first-order valence-corrected chi connectivity index (χ1v) is 10.0. The molecule has 6 heteroatoms. The van der Waals surface area contributed by atoms with Crippen molar-refractivity contribution in [2.45, 2.75) is 12.1 Å². The van der Waals surface area contributed by atoms with Crippen LogP contribution in [0.3, 0.4) is 0 Å². The van der Waals surface area contributed by atoms with Crippen LogP contribution in [0, 0.1) is 0 Å². The highest BCUT2D eigenvalue weighted by Crippen LogP contribution is 2.29. The first-order valence-electron chi connectivity index (χ1n) is 10.0. The van der Waals surface area contributed by atoms with E-state index in [1.165, 1.54) is 0 Å². The number of likely N-dealkylation sites (N-methyl/N-ethyl adjacent to an activating group) is 1. The number of fused-ring (bicyclic) bond motifs is 1. The number of aliphatic hydroxyl groups excluding tert-OH is 1. The largest absolute Gasteiger partial charge is 0.389 e. The first-order chi connectivity index (χ1) is 14.7. The zero-order chi connectivity index (χ0) is 20.9. The highest BCUT2D eigenvalue weighted by Gasteiger charge is 2.23. The van der Waals surface area contributed by atoms with Crippen LogP contribution in [-0.4, -0.2) is 35.3 Å². The number of nitrogens with one attached hydrogen (secondary N) is 2. The van der Waals surface area contributed by atoms with Gasteiger partial charge in [0.15, 0.2) is 0 Å². The van der Waals surface area contributed by atoms with Crippen molar-refractivity contribution in [3.05, 3.63) is 102 Å². The standard InChI is InChI=1S/C25H25N3O2.ClH/c1-26-17-23(29)24(18-8-4-2-5-9-18)28-15-14-20-16-21(12-13-22(20)28)27-25(30)19-10-6-3-7-11-19;/h2-16,23-24,26,29H,17H2,1H3,(H,27,30);1H/t23-,24-;/m0./s1. The van der Waals surface area contributed by atoms with Gasteiger partial charge in [0.1, 0.15) is 0 Å². The predicted molar refractivity (Wildman–Crippen MR) is 128 cm³/mol. The zero-order valence-electron chi connectivity index (χ0n) is 17.2. The average Bonchev–Trinajstić information content (AvgIpc) is 3.18. The van der Waals surface area contributed by atoms with Gasteiger partial charge in [0, 0.05) is 34.9 Å². The van der Waals surface area contributed by atoms with Crippen molar-refractivity contribution in [1.29, 1.82) is 0 Å². The number of anilines is 1. The maximum atomic E-state index is 12.5. The van der Waals surface area contributed by atoms with Gasteiger partial charge in [-0.1, -0.05) is 48.5 Å². The third-order valence-electron chi connectivity index (χ3n) is 5.23. The van der Waals surface area contributed by atoms with Gasteiger partial charge in [-0.25, -0.2) is 0 Å². The molecule has 1 heterocycles. The van der Waals surface area contributed by atoms with Gasteiger partial charge in [0.2, 0.25) is 0 Å². The van der Waals surface area contributed by atoms with Gasteiger partial charge in [0.05, 0.1) is 12.1 Å². The van der Waals surface area contributed by atoms with E-state index in [9.17, 15) is 9.90 Å². The predicted octanol–water partition coefficient (Wildman–Crippen LogP) is 4.49. The summed E-state index contributed by atoms with van der Waals surface area (Å²) in [4.78, 5) is 12.5. The number of aromatic nitrogens is 1. The van der Waals surface area contributed by atoms with Crippen LogP contribution >= 0.6 is 12.4 Å². The summed E-state index contributed by atoms with van der Waals surface area (Å²) in [7, 11) is 1.83. The number of amides is 1. The van der Waals surface area contributed by atoms with Crippen molar-refractivity contribution in [3.8, 4) is 0 Å². The number of carbonyl (C=O) groups excluding carboxylic acids is 1. The third kappa shape index (κ3) is 4.97. The molecule has 0 unspecified atom stereocenters. The van der Waals surface area contributed by atoms with E-state index in [4.69, 9.17) is 0 Å². The Hall–Kier alpha value is -3.12. The van der Waals surface area contributed by atoms with Gasteiger partial charge in [-0.2, -0.15) is 0 Å². The van der Waals surface area contributed by atoms with E-state index in [1.54, 1.807) is 12.1 Å². The lowest BCUT2D eigenvalue weighted by Crippen LogP contribution is -2.33. The second kappa shape index (κ2) is 10.3. The van der Waals surface area contributed by atoms with Crippen molar-refractivity contribution in [1.82, 2.24) is 9.88 Å². The number of carbonyl (C=O) groups is 1. The van der Waals surface area contributed by atoms with Crippen LogP contribution in [0.15, 0.2) is 91.1 Å². The van der Waals surface area contributed by atoms with Crippen molar-refractivity contribution in [2.24, 2.45) is 0 Å². The molecule has 2 atom stereocenters. The molecule has 0 spiro atoms. The fraction of sp³-hybridized carbons (Fsp3) is 0.160. The zero-order valence-corrected chi connectivity index (χ0v) is 18.0. The molecule has 31 heavy (non-hydrogen) atoms. The molecule has 0 aliphatic heterocycles. The van der Waals surface area contributed by atoms with Crippen LogP contribution in [0.1, 0.15) is 22.0 Å². The summed E-state index contributed by atoms with van der Waals surface area (Å²) < 4.78 is 2.09. The van der Waals surface area contributed by atoms with Crippen LogP contribution < -0.4 is 10.6 Å². The lowest BCUT2D eigenvalue weighted by molar-refractivity contribution is 0.102. The number of halogens is 1. The number of hydrogen-bond donors (Lipinski definition) is 3. The van der Waals surface area contributed by atoms with Crippen molar-refractivity contribution in [2.75, 3.05) is 18.9 Å². The summed E-state index contributed by atoms with van der Waals surface area (Å²) in [5.74, 6) is -0.138. The summed E-state index contributed by atoms with van der Waals surface area (Å²) in [6.07, 6.45) is 1.40. The van der Waals surface area contributed by atoms with E-state index in [0.717, 1.165) is 22.2 Å². The van der Waals surface area contributed by atoms with E-state index in [1.807, 2.05) is 86.0 Å². The smallest absolute Gasteiger partial charge is 0.255 e. The maximum absolute atomic E-state index is 12.5. The molecule has 0 bridgehead atoms. The highest BCUT2D eigenvalue weighted by atomic mass is 35.5. The lowest BCUT2D eigenvalue weighted by Gasteiger charge is -2.26. The molecule has 0 fully saturated rings. The van der Waals surface area contributed by atoms with Crippen molar-refractivity contribution in [3.63, 3.8) is 0 Å². The first kappa shape index (κ1) is 22.6. The minimum absolute atomic E-state index is 0. The van der Waals surface area contributed by atoms with E-state index in [2.05, 4.69) is 15.2 Å². The number of hydrogen-bond acceptors (Lipinski definition) is 3. The van der Waals surface area contributed by atoms with Crippen LogP contribution in [0.4, 0.5) is 5.69 Å². The summed E-state index contributed by atoms with van der Waals surface area (Å²) >= 11 is 0. The molecule has 5 nitrogen and oxygen atoms in total. The molecule has 4 aromatic rings. The summed E-state index contributed by atoms with van der Waals surface area (Å²) in [6.45, 7) is 0.477. The fourth-order valence-electron chi connectivity index (χ4n) is 3.82. The molecule has 4 rings (SSSR count). The summed E-state index contributed by atoms with van der Waals surface area (Å²) in [5, 5.41) is 17.9. The molecule has 0 saturated carbocycles. The van der Waals surface area contributed by atoms with Gasteiger partial charge >= 0.3 is 0 Å². The van der Waals surface area contributed by atoms with E-state index in [0.29, 0.717) is 12.1 Å². The van der Waals surface area contributed by atoms with Gasteiger partial charge in [-0.3, -0.25) is 4.79 Å². The molecule has 3 N–H and O–H groups in total. The summed E-state index contributed by atoms with van der Waals surface area (Å²) in [5.41, 5.74) is 3.39. The Morgan fingerprint density at radius 3 is 2.32 bits per heavy atom. The number of benzene rings is 3. The monoisotopic (exact) mass is 435 g/mol. The van der Waals surface area contributed by atoms with Crippen LogP contribution in [0.5, 0.6) is 0 Å². The van der Waals surface area contributed by atoms with E-state index in [-0.39, 0.29) is 24.4 Å². The van der Waals surface area contributed by atoms with Gasteiger partial charge in [-0.15, -0.1) is 12.4 Å². The Bertz CT molecular complexity index is 1130. The Balaban J connectivity index is 0.00000272. The molecular formula is C25H26ClN3O2. The van der Waals surface area contributed by atoms with Gasteiger partial charge in [-0.05, 0) is 49.0 Å². The highest BCUT2D eigenvalue weighted by molar-refractivity contribution is 6.05. The van der Waals surface area contributed by atoms with E-state index < -0.39 is 6.10 Å². The Kier molecular flexibility index (Phi) is 7.47. The topological polar surface area (TPSA) is 66.3 Å². The van der Waals surface area contributed by atoms with Crippen LogP contribution in [-0.2, 0) is 0 Å². The lowest BCUT2D eigenvalue weighted by atomic mass is 10.0. The Labute approximate surface area is 188 Å². The normalized spacial score (nSPS) is 12.7. The minimum atomic E-state index is -0.592. The molecular weight excluding hydrogens is 410 g/mol. The summed E-state index contributed by atoms with van der Waals surface area (Å²) in [6, 6.07) is 26.8. The number of aliphatic hydroxyl groups is 1. The third-order valence-corrected chi connectivity index (χ3v) is 5.23. The van der Waals surface area contributed by atoms with Crippen LogP contribution in [0.25, 0.3) is 10.9 Å². The van der Waals surface area contributed by atoms with Gasteiger partial charge in [0.25, 0.3) is 5.91 Å². The molecule has 1 aromatic heterocycles. The molecule has 0 aliphatic carbocycles. The number of nitrogens with zero attached hydrogens (tertiary/aromatic N) is 1. The van der Waals surface area contributed by atoms with Gasteiger partial charge < -0.3 is 20.3 Å². The van der Waals surface area contributed by atoms with Crippen molar-refractivity contribution >= 4 is 34.9 Å². The Morgan fingerprint density at radius 1 is 0.968 bits per heavy atom. The van der Waals surface area contributed by atoms with E-state index >= 15 is 0 Å².